The van der Waals surface area contributed by atoms with E-state index in [9.17, 15) is 0 Å². The summed E-state index contributed by atoms with van der Waals surface area (Å²) in [5.74, 6) is 8.02. The summed E-state index contributed by atoms with van der Waals surface area (Å²) >= 11 is 0. The molecule has 4 aliphatic carbocycles. The Labute approximate surface area is 107 Å². The topological polar surface area (TPSA) is 0 Å². The molecule has 0 bridgehead atoms. The third-order valence-electron chi connectivity index (χ3n) is 7.24. The Morgan fingerprint density at radius 2 is 1.29 bits per heavy atom. The van der Waals surface area contributed by atoms with Gasteiger partial charge in [-0.2, -0.15) is 0 Å². The highest BCUT2D eigenvalue weighted by Gasteiger charge is 2.51. The second-order valence-corrected chi connectivity index (χ2v) is 7.73. The van der Waals surface area contributed by atoms with E-state index in [1.54, 1.807) is 57.8 Å². The van der Waals surface area contributed by atoms with Crippen LogP contribution < -0.4 is 0 Å². The molecule has 0 aromatic rings. The van der Waals surface area contributed by atoms with Crippen molar-refractivity contribution in [2.45, 2.75) is 64.7 Å². The van der Waals surface area contributed by atoms with Crippen molar-refractivity contribution in [3.05, 3.63) is 0 Å². The van der Waals surface area contributed by atoms with Gasteiger partial charge in [-0.1, -0.05) is 26.2 Å². The highest BCUT2D eigenvalue weighted by Crippen LogP contribution is 2.59. The molecule has 0 saturated heterocycles. The van der Waals surface area contributed by atoms with Crippen LogP contribution >= 0.6 is 0 Å². The van der Waals surface area contributed by atoms with Crippen LogP contribution in [0.1, 0.15) is 64.7 Å². The van der Waals surface area contributed by atoms with E-state index >= 15 is 0 Å². The molecule has 4 aliphatic rings. The highest BCUT2D eigenvalue weighted by molar-refractivity contribution is 5.00. The summed E-state index contributed by atoms with van der Waals surface area (Å²) in [5, 5.41) is 0. The minimum absolute atomic E-state index is 1.06. The van der Waals surface area contributed by atoms with E-state index in [1.165, 1.54) is 5.92 Å². The van der Waals surface area contributed by atoms with E-state index in [1.807, 2.05) is 0 Å². The molecule has 7 unspecified atom stereocenters. The van der Waals surface area contributed by atoms with Crippen molar-refractivity contribution in [1.82, 2.24) is 0 Å². The molecule has 0 nitrogen and oxygen atoms in total. The molecule has 96 valence electrons. The van der Waals surface area contributed by atoms with Crippen LogP contribution in [0.3, 0.4) is 0 Å². The predicted molar refractivity (Wildman–Crippen MR) is 71.7 cm³/mol. The first-order valence-corrected chi connectivity index (χ1v) is 8.34. The lowest BCUT2D eigenvalue weighted by Gasteiger charge is -2.29. The molecule has 4 fully saturated rings. The molecule has 0 heterocycles. The fourth-order valence-corrected chi connectivity index (χ4v) is 6.67. The maximum atomic E-state index is 2.56. The number of hydrogen-bond donors (Lipinski definition) is 0. The van der Waals surface area contributed by atoms with Crippen LogP contribution in [0.25, 0.3) is 0 Å². The Bertz CT molecular complexity index is 294. The van der Waals surface area contributed by atoms with Crippen molar-refractivity contribution >= 4 is 0 Å². The SMILES string of the molecule is CC1CC(C2CCC3CCCC32)C2CCCC12. The van der Waals surface area contributed by atoms with Gasteiger partial charge in [-0.15, -0.1) is 0 Å². The molecule has 7 atom stereocenters. The largest absolute Gasteiger partial charge is 0.0622 e. The van der Waals surface area contributed by atoms with Gasteiger partial charge < -0.3 is 0 Å². The van der Waals surface area contributed by atoms with Gasteiger partial charge in [0.2, 0.25) is 0 Å². The van der Waals surface area contributed by atoms with Gasteiger partial charge in [0.05, 0.1) is 0 Å². The minimum Gasteiger partial charge on any atom is -0.0622 e. The zero-order valence-electron chi connectivity index (χ0n) is 11.4. The van der Waals surface area contributed by atoms with Crippen molar-refractivity contribution < 1.29 is 0 Å². The Morgan fingerprint density at radius 1 is 0.588 bits per heavy atom. The van der Waals surface area contributed by atoms with Crippen LogP contribution in [-0.4, -0.2) is 0 Å². The smallest absolute Gasteiger partial charge is 0.0349 e. The molecule has 0 aromatic heterocycles. The Morgan fingerprint density at radius 3 is 2.24 bits per heavy atom. The second kappa shape index (κ2) is 4.00. The monoisotopic (exact) mass is 232 g/mol. The van der Waals surface area contributed by atoms with Crippen LogP contribution in [0.2, 0.25) is 0 Å². The normalized spacial score (nSPS) is 57.4. The second-order valence-electron chi connectivity index (χ2n) is 7.73. The van der Waals surface area contributed by atoms with Gasteiger partial charge >= 0.3 is 0 Å². The standard InChI is InChI=1S/C17H28/c1-11-10-17(15-7-3-5-13(11)15)16-9-8-12-4-2-6-14(12)16/h11-17H,2-10H2,1H3. The lowest BCUT2D eigenvalue weighted by molar-refractivity contribution is 0.190. The maximum absolute atomic E-state index is 2.56. The average molecular weight is 232 g/mol. The predicted octanol–water partition coefficient (Wildman–Crippen LogP) is 4.89. The van der Waals surface area contributed by atoms with Crippen LogP contribution in [-0.2, 0) is 0 Å². The van der Waals surface area contributed by atoms with Crippen molar-refractivity contribution in [2.24, 2.45) is 41.4 Å². The van der Waals surface area contributed by atoms with Gasteiger partial charge in [-0.3, -0.25) is 0 Å². The number of hydrogen-bond acceptors (Lipinski definition) is 0. The number of rotatable bonds is 1. The maximum Gasteiger partial charge on any atom is -0.0349 e. The minimum atomic E-state index is 1.06. The molecule has 0 spiro atoms. The molecule has 0 aliphatic heterocycles. The van der Waals surface area contributed by atoms with Crippen LogP contribution in [0, 0.1) is 41.4 Å². The first-order valence-electron chi connectivity index (χ1n) is 8.34. The van der Waals surface area contributed by atoms with E-state index < -0.39 is 0 Å². The molecule has 0 heteroatoms. The van der Waals surface area contributed by atoms with Gasteiger partial charge in [0.15, 0.2) is 0 Å². The third kappa shape index (κ3) is 1.55. The molecule has 4 saturated carbocycles. The van der Waals surface area contributed by atoms with E-state index in [-0.39, 0.29) is 0 Å². The molecule has 0 radical (unpaired) electrons. The summed E-state index contributed by atoms with van der Waals surface area (Å²) in [6, 6.07) is 0. The Kier molecular flexibility index (Phi) is 2.56. The molecule has 17 heavy (non-hydrogen) atoms. The van der Waals surface area contributed by atoms with Crippen LogP contribution in [0.15, 0.2) is 0 Å². The summed E-state index contributed by atoms with van der Waals surface area (Å²) in [7, 11) is 0. The summed E-state index contributed by atoms with van der Waals surface area (Å²) < 4.78 is 0. The number of fused-ring (bicyclic) bond motifs is 2. The fraction of sp³-hybridized carbons (Fsp3) is 1.00. The van der Waals surface area contributed by atoms with Gasteiger partial charge in [0.25, 0.3) is 0 Å². The zero-order chi connectivity index (χ0) is 11.4. The van der Waals surface area contributed by atoms with Crippen molar-refractivity contribution in [1.29, 1.82) is 0 Å². The Balaban J connectivity index is 1.55. The van der Waals surface area contributed by atoms with Crippen molar-refractivity contribution in [3.8, 4) is 0 Å². The van der Waals surface area contributed by atoms with Crippen LogP contribution in [0.4, 0.5) is 0 Å². The summed E-state index contributed by atoms with van der Waals surface area (Å²) in [4.78, 5) is 0. The molecule has 0 N–H and O–H groups in total. The first kappa shape index (κ1) is 10.9. The van der Waals surface area contributed by atoms with Crippen molar-refractivity contribution in [3.63, 3.8) is 0 Å². The van der Waals surface area contributed by atoms with E-state index in [4.69, 9.17) is 0 Å². The molecule has 0 aromatic carbocycles. The van der Waals surface area contributed by atoms with E-state index in [2.05, 4.69) is 6.92 Å². The molecule has 4 rings (SSSR count). The lowest BCUT2D eigenvalue weighted by Crippen LogP contribution is -2.23. The fourth-order valence-electron chi connectivity index (χ4n) is 6.67. The van der Waals surface area contributed by atoms with Gasteiger partial charge in [0, 0.05) is 0 Å². The van der Waals surface area contributed by atoms with Crippen molar-refractivity contribution in [2.75, 3.05) is 0 Å². The zero-order valence-corrected chi connectivity index (χ0v) is 11.4. The Hall–Kier alpha value is 0. The van der Waals surface area contributed by atoms with E-state index in [0.717, 1.165) is 35.5 Å². The van der Waals surface area contributed by atoms with Gasteiger partial charge in [0.1, 0.15) is 0 Å². The van der Waals surface area contributed by atoms with Gasteiger partial charge in [-0.25, -0.2) is 0 Å². The van der Waals surface area contributed by atoms with Crippen LogP contribution in [0.5, 0.6) is 0 Å². The third-order valence-corrected chi connectivity index (χ3v) is 7.24. The van der Waals surface area contributed by atoms with E-state index in [0.29, 0.717) is 0 Å². The molecular weight excluding hydrogens is 204 g/mol. The van der Waals surface area contributed by atoms with Gasteiger partial charge in [-0.05, 0) is 80.0 Å². The molecule has 0 amide bonds. The lowest BCUT2D eigenvalue weighted by atomic mass is 9.76. The summed E-state index contributed by atoms with van der Waals surface area (Å²) in [5.41, 5.74) is 0. The average Bonchev–Trinajstić information content (AvgIpc) is 3.01. The molecular formula is C17H28. The first-order chi connectivity index (χ1) is 8.34. The summed E-state index contributed by atoms with van der Waals surface area (Å²) in [6.07, 6.45) is 14.3. The highest BCUT2D eigenvalue weighted by atomic mass is 14.6. The summed E-state index contributed by atoms with van der Waals surface area (Å²) in [6.45, 7) is 2.56. The quantitative estimate of drug-likeness (QED) is 0.604.